The van der Waals surface area contributed by atoms with E-state index < -0.39 is 0 Å². The Labute approximate surface area is 161 Å². The van der Waals surface area contributed by atoms with Gasteiger partial charge in [-0.1, -0.05) is 36.4 Å². The zero-order valence-electron chi connectivity index (χ0n) is 14.3. The van der Waals surface area contributed by atoms with Crippen molar-refractivity contribution in [2.45, 2.75) is 23.6 Å². The maximum absolute atomic E-state index is 6.39. The highest BCUT2D eigenvalue weighted by molar-refractivity contribution is 7.98. The Bertz CT molecular complexity index is 950. The molecule has 0 bridgehead atoms. The smallest absolute Gasteiger partial charge is 0.213 e. The van der Waals surface area contributed by atoms with E-state index in [1.54, 1.807) is 23.1 Å². The van der Waals surface area contributed by atoms with Crippen LogP contribution in [0.25, 0.3) is 0 Å². The molecule has 0 aliphatic carbocycles. The van der Waals surface area contributed by atoms with E-state index in [2.05, 4.69) is 71.2 Å². The quantitative estimate of drug-likeness (QED) is 0.546. The van der Waals surface area contributed by atoms with Crippen molar-refractivity contribution in [1.82, 2.24) is 5.01 Å². The second-order valence-corrected chi connectivity index (χ2v) is 8.23. The van der Waals surface area contributed by atoms with Crippen LogP contribution in [0.1, 0.15) is 34.7 Å². The van der Waals surface area contributed by atoms with Crippen molar-refractivity contribution in [3.63, 3.8) is 0 Å². The highest BCUT2D eigenvalue weighted by Gasteiger charge is 2.40. The fraction of sp³-hybridized carbons (Fsp3) is 0.190. The first-order chi connectivity index (χ1) is 12.8. The summed E-state index contributed by atoms with van der Waals surface area (Å²) in [5, 5.41) is 9.24. The molecule has 0 saturated carbocycles. The molecule has 2 aliphatic heterocycles. The lowest BCUT2D eigenvalue weighted by atomic mass is 9.98. The molecule has 3 heterocycles. The molecule has 3 nitrogen and oxygen atoms in total. The van der Waals surface area contributed by atoms with Gasteiger partial charge in [0.2, 0.25) is 6.23 Å². The monoisotopic (exact) mass is 378 g/mol. The summed E-state index contributed by atoms with van der Waals surface area (Å²) >= 11 is 3.50. The Morgan fingerprint density at radius 1 is 1.08 bits per heavy atom. The van der Waals surface area contributed by atoms with Crippen LogP contribution in [0, 0.1) is 0 Å². The van der Waals surface area contributed by atoms with Crippen LogP contribution in [0.5, 0.6) is 5.75 Å². The first-order valence-electron chi connectivity index (χ1n) is 8.63. The Balaban J connectivity index is 1.58. The van der Waals surface area contributed by atoms with Crippen LogP contribution in [-0.2, 0) is 0 Å². The third-order valence-electron chi connectivity index (χ3n) is 4.91. The van der Waals surface area contributed by atoms with E-state index in [-0.39, 0.29) is 12.3 Å². The summed E-state index contributed by atoms with van der Waals surface area (Å²) in [5.74, 6) is 0.968. The largest absolute Gasteiger partial charge is 0.464 e. The molecule has 0 N–H and O–H groups in total. The van der Waals surface area contributed by atoms with E-state index in [0.29, 0.717) is 0 Å². The zero-order valence-corrected chi connectivity index (χ0v) is 16.0. The van der Waals surface area contributed by atoms with Crippen LogP contribution >= 0.6 is 23.1 Å². The molecule has 2 aromatic carbocycles. The second-order valence-electron chi connectivity index (χ2n) is 6.41. The van der Waals surface area contributed by atoms with E-state index in [9.17, 15) is 0 Å². The van der Waals surface area contributed by atoms with Crippen LogP contribution in [0.3, 0.4) is 0 Å². The summed E-state index contributed by atoms with van der Waals surface area (Å²) in [7, 11) is 0. The molecule has 0 unspecified atom stereocenters. The van der Waals surface area contributed by atoms with Crippen LogP contribution in [-0.4, -0.2) is 17.0 Å². The number of benzene rings is 2. The number of thioether (sulfide) groups is 1. The number of hydrogen-bond donors (Lipinski definition) is 0. The number of rotatable bonds is 3. The van der Waals surface area contributed by atoms with Crippen LogP contribution in [0.4, 0.5) is 0 Å². The lowest BCUT2D eigenvalue weighted by Crippen LogP contribution is -2.33. The maximum atomic E-state index is 6.39. The third kappa shape index (κ3) is 2.63. The number of hydrazone groups is 1. The third-order valence-corrected chi connectivity index (χ3v) is 6.57. The molecule has 2 aliphatic rings. The molecule has 0 fully saturated rings. The molecule has 0 saturated heterocycles. The van der Waals surface area contributed by atoms with Crippen molar-refractivity contribution in [2.75, 3.05) is 6.26 Å². The summed E-state index contributed by atoms with van der Waals surface area (Å²) in [6.07, 6.45) is 2.82. The van der Waals surface area contributed by atoms with E-state index >= 15 is 0 Å². The van der Waals surface area contributed by atoms with Gasteiger partial charge < -0.3 is 4.74 Å². The van der Waals surface area contributed by atoms with Gasteiger partial charge in [0, 0.05) is 22.4 Å². The second kappa shape index (κ2) is 6.49. The topological polar surface area (TPSA) is 24.8 Å². The molecule has 26 heavy (non-hydrogen) atoms. The number of thiophene rings is 1. The van der Waals surface area contributed by atoms with Gasteiger partial charge in [-0.2, -0.15) is 5.10 Å². The lowest BCUT2D eigenvalue weighted by Gasteiger charge is -2.38. The molecule has 5 heteroatoms. The average Bonchev–Trinajstić information content (AvgIpc) is 3.37. The number of para-hydroxylation sites is 1. The van der Waals surface area contributed by atoms with Crippen LogP contribution in [0.15, 0.2) is 76.0 Å². The Hall–Kier alpha value is -2.24. The van der Waals surface area contributed by atoms with E-state index in [4.69, 9.17) is 9.84 Å². The summed E-state index contributed by atoms with van der Waals surface area (Å²) in [6.45, 7) is 0. The predicted octanol–water partition coefficient (Wildman–Crippen LogP) is 5.71. The zero-order chi connectivity index (χ0) is 17.5. The van der Waals surface area contributed by atoms with Gasteiger partial charge >= 0.3 is 0 Å². The number of fused-ring (bicyclic) bond motifs is 3. The summed E-state index contributed by atoms with van der Waals surface area (Å²) in [5.41, 5.74) is 3.51. The molecular weight excluding hydrogens is 360 g/mol. The van der Waals surface area contributed by atoms with Crippen molar-refractivity contribution in [2.24, 2.45) is 5.10 Å². The predicted molar refractivity (Wildman–Crippen MR) is 108 cm³/mol. The molecule has 3 aromatic rings. The van der Waals surface area contributed by atoms with Gasteiger partial charge in [-0.15, -0.1) is 23.1 Å². The minimum atomic E-state index is -0.191. The Morgan fingerprint density at radius 2 is 1.92 bits per heavy atom. The molecule has 0 radical (unpaired) electrons. The highest BCUT2D eigenvalue weighted by Crippen LogP contribution is 2.47. The first-order valence-corrected chi connectivity index (χ1v) is 10.7. The molecule has 0 spiro atoms. The Kier molecular flexibility index (Phi) is 3.98. The molecular formula is C21H18N2OS2. The standard InChI is InChI=1S/C21H18N2OS2/c1-25-15-10-8-14(9-11-15)21-23-18(16-5-2-3-6-19(16)24-21)13-17(22-23)20-7-4-12-26-20/h2-12,18,21H,13H2,1H3/t18-,21+/m1/s1. The molecule has 1 aromatic heterocycles. The van der Waals surface area contributed by atoms with Gasteiger partial charge in [0.25, 0.3) is 0 Å². The average molecular weight is 379 g/mol. The summed E-state index contributed by atoms with van der Waals surface area (Å²) < 4.78 is 6.39. The minimum absolute atomic E-state index is 0.191. The number of hydrogen-bond acceptors (Lipinski definition) is 5. The lowest BCUT2D eigenvalue weighted by molar-refractivity contribution is -0.0190. The SMILES string of the molecule is CSc1ccc([C@@H]2Oc3ccccc3[C@H]3CC(c4cccs4)=NN32)cc1. The molecule has 2 atom stereocenters. The summed E-state index contributed by atoms with van der Waals surface area (Å²) in [6, 6.07) is 21.4. The van der Waals surface area contributed by atoms with Gasteiger partial charge in [0.1, 0.15) is 5.75 Å². The van der Waals surface area contributed by atoms with Gasteiger partial charge in [-0.3, -0.25) is 0 Å². The maximum Gasteiger partial charge on any atom is 0.213 e. The number of nitrogens with zero attached hydrogens (tertiary/aromatic N) is 2. The van der Waals surface area contributed by atoms with Crippen LogP contribution in [0.2, 0.25) is 0 Å². The Morgan fingerprint density at radius 3 is 2.69 bits per heavy atom. The fourth-order valence-electron chi connectivity index (χ4n) is 3.61. The molecule has 130 valence electrons. The van der Waals surface area contributed by atoms with Gasteiger partial charge in [-0.25, -0.2) is 5.01 Å². The van der Waals surface area contributed by atoms with E-state index in [0.717, 1.165) is 23.4 Å². The number of ether oxygens (including phenoxy) is 1. The van der Waals surface area contributed by atoms with Crippen LogP contribution < -0.4 is 4.74 Å². The van der Waals surface area contributed by atoms with Gasteiger partial charge in [-0.05, 0) is 35.9 Å². The van der Waals surface area contributed by atoms with E-state index in [1.165, 1.54) is 15.3 Å². The fourth-order valence-corrected chi connectivity index (χ4v) is 4.74. The van der Waals surface area contributed by atoms with Crippen molar-refractivity contribution < 1.29 is 4.74 Å². The first kappa shape index (κ1) is 16.0. The minimum Gasteiger partial charge on any atom is -0.464 e. The molecule has 0 amide bonds. The normalized spacial score (nSPS) is 21.0. The van der Waals surface area contributed by atoms with Crippen molar-refractivity contribution >= 4 is 28.8 Å². The van der Waals surface area contributed by atoms with Gasteiger partial charge in [0.05, 0.1) is 16.6 Å². The summed E-state index contributed by atoms with van der Waals surface area (Å²) in [4.78, 5) is 2.50. The van der Waals surface area contributed by atoms with Gasteiger partial charge in [0.15, 0.2) is 0 Å². The van der Waals surface area contributed by atoms with Crippen molar-refractivity contribution in [1.29, 1.82) is 0 Å². The van der Waals surface area contributed by atoms with Crippen molar-refractivity contribution in [3.05, 3.63) is 82.0 Å². The van der Waals surface area contributed by atoms with Crippen molar-refractivity contribution in [3.8, 4) is 5.75 Å². The highest BCUT2D eigenvalue weighted by atomic mass is 32.2. The van der Waals surface area contributed by atoms with E-state index in [1.807, 2.05) is 6.07 Å². The molecule has 5 rings (SSSR count).